The second kappa shape index (κ2) is 6.28. The fraction of sp³-hybridized carbons (Fsp3) is 0.385. The molecule has 0 aliphatic rings. The molecule has 0 radical (unpaired) electrons. The molecule has 0 heterocycles. The molecule has 1 rings (SSSR count). The van der Waals surface area contributed by atoms with Gasteiger partial charge in [0.1, 0.15) is 11.6 Å². The number of methoxy groups -OCH3 is 1. The van der Waals surface area contributed by atoms with E-state index in [4.69, 9.17) is 4.74 Å². The van der Waals surface area contributed by atoms with Crippen LogP contribution in [0.3, 0.4) is 0 Å². The van der Waals surface area contributed by atoms with Crippen LogP contribution in [0.2, 0.25) is 0 Å². The van der Waals surface area contributed by atoms with Gasteiger partial charge >= 0.3 is 0 Å². The van der Waals surface area contributed by atoms with E-state index in [1.165, 1.54) is 18.7 Å². The Morgan fingerprint density at radius 3 is 2.75 bits per heavy atom. The van der Waals surface area contributed by atoms with E-state index < -0.39 is 0 Å². The second-order valence-electron chi connectivity index (χ2n) is 3.87. The molecule has 1 N–H and O–H groups in total. The lowest BCUT2D eigenvalue weighted by Gasteiger charge is -2.06. The van der Waals surface area contributed by atoms with Crippen LogP contribution in [0.15, 0.2) is 29.8 Å². The fourth-order valence-corrected chi connectivity index (χ4v) is 1.28. The standard InChI is InChI=1S/C13H18FNO/c1-10(2)6-7-15-9-11-4-5-12(16-3)8-13(11)14/h4-6,8,15H,7,9H2,1-3H3. The first kappa shape index (κ1) is 12.7. The molecule has 2 nitrogen and oxygen atoms in total. The number of hydrogen-bond acceptors (Lipinski definition) is 2. The van der Waals surface area contributed by atoms with Crippen LogP contribution in [0.5, 0.6) is 5.75 Å². The van der Waals surface area contributed by atoms with Gasteiger partial charge in [-0.05, 0) is 19.9 Å². The maximum Gasteiger partial charge on any atom is 0.131 e. The molecule has 0 aromatic heterocycles. The Labute approximate surface area is 96.1 Å². The van der Waals surface area contributed by atoms with Crippen molar-refractivity contribution in [3.63, 3.8) is 0 Å². The molecule has 16 heavy (non-hydrogen) atoms. The van der Waals surface area contributed by atoms with Crippen LogP contribution >= 0.6 is 0 Å². The van der Waals surface area contributed by atoms with Crippen molar-refractivity contribution < 1.29 is 9.13 Å². The monoisotopic (exact) mass is 223 g/mol. The minimum atomic E-state index is -0.232. The number of allylic oxidation sites excluding steroid dienone is 1. The number of ether oxygens (including phenoxy) is 1. The molecule has 0 unspecified atom stereocenters. The molecular formula is C13H18FNO. The molecule has 0 aliphatic heterocycles. The van der Waals surface area contributed by atoms with E-state index in [9.17, 15) is 4.39 Å². The quantitative estimate of drug-likeness (QED) is 0.612. The van der Waals surface area contributed by atoms with Crippen LogP contribution in [-0.2, 0) is 6.54 Å². The number of halogens is 1. The van der Waals surface area contributed by atoms with Crippen LogP contribution in [0.1, 0.15) is 19.4 Å². The zero-order chi connectivity index (χ0) is 12.0. The van der Waals surface area contributed by atoms with Gasteiger partial charge in [0, 0.05) is 24.7 Å². The lowest BCUT2D eigenvalue weighted by molar-refractivity contribution is 0.410. The second-order valence-corrected chi connectivity index (χ2v) is 3.87. The van der Waals surface area contributed by atoms with E-state index >= 15 is 0 Å². The van der Waals surface area contributed by atoms with Gasteiger partial charge in [-0.1, -0.05) is 17.7 Å². The first-order chi connectivity index (χ1) is 7.63. The van der Waals surface area contributed by atoms with Crippen LogP contribution in [0.25, 0.3) is 0 Å². The van der Waals surface area contributed by atoms with Gasteiger partial charge in [-0.2, -0.15) is 0 Å². The topological polar surface area (TPSA) is 21.3 Å². The number of benzene rings is 1. The van der Waals surface area contributed by atoms with Crippen molar-refractivity contribution in [1.82, 2.24) is 5.32 Å². The molecule has 1 aromatic carbocycles. The summed E-state index contributed by atoms with van der Waals surface area (Å²) in [5.74, 6) is 0.314. The van der Waals surface area contributed by atoms with Crippen molar-refractivity contribution in [3.05, 3.63) is 41.2 Å². The van der Waals surface area contributed by atoms with Gasteiger partial charge in [-0.25, -0.2) is 4.39 Å². The first-order valence-electron chi connectivity index (χ1n) is 5.30. The molecule has 3 heteroatoms. The van der Waals surface area contributed by atoms with Crippen molar-refractivity contribution in [2.24, 2.45) is 0 Å². The summed E-state index contributed by atoms with van der Waals surface area (Å²) >= 11 is 0. The molecule has 0 amide bonds. The number of nitrogens with one attached hydrogen (secondary N) is 1. The summed E-state index contributed by atoms with van der Waals surface area (Å²) in [7, 11) is 1.53. The molecule has 0 aliphatic carbocycles. The van der Waals surface area contributed by atoms with Gasteiger partial charge in [0.05, 0.1) is 7.11 Å². The third kappa shape index (κ3) is 4.03. The van der Waals surface area contributed by atoms with Crippen molar-refractivity contribution in [2.45, 2.75) is 20.4 Å². The summed E-state index contributed by atoms with van der Waals surface area (Å²) in [6, 6.07) is 4.91. The van der Waals surface area contributed by atoms with Crippen molar-refractivity contribution in [3.8, 4) is 5.75 Å². The fourth-order valence-electron chi connectivity index (χ4n) is 1.28. The molecule has 0 saturated carbocycles. The molecule has 0 spiro atoms. The maximum absolute atomic E-state index is 13.5. The highest BCUT2D eigenvalue weighted by molar-refractivity contribution is 5.28. The first-order valence-corrected chi connectivity index (χ1v) is 5.30. The third-order valence-electron chi connectivity index (χ3n) is 2.23. The molecule has 0 atom stereocenters. The van der Waals surface area contributed by atoms with Crippen molar-refractivity contribution in [2.75, 3.05) is 13.7 Å². The highest BCUT2D eigenvalue weighted by Gasteiger charge is 2.02. The predicted molar refractivity (Wildman–Crippen MR) is 64.1 cm³/mol. The van der Waals surface area contributed by atoms with Crippen LogP contribution in [0, 0.1) is 5.82 Å². The summed E-state index contributed by atoms with van der Waals surface area (Å²) in [5.41, 5.74) is 1.91. The summed E-state index contributed by atoms with van der Waals surface area (Å²) < 4.78 is 18.4. The van der Waals surface area contributed by atoms with Gasteiger partial charge in [0.25, 0.3) is 0 Å². The Bertz CT molecular complexity index is 370. The molecule has 0 fully saturated rings. The van der Waals surface area contributed by atoms with E-state index in [2.05, 4.69) is 11.4 Å². The van der Waals surface area contributed by atoms with Crippen LogP contribution in [0.4, 0.5) is 4.39 Å². The van der Waals surface area contributed by atoms with Crippen LogP contribution < -0.4 is 10.1 Å². The van der Waals surface area contributed by atoms with Gasteiger partial charge in [-0.3, -0.25) is 0 Å². The van der Waals surface area contributed by atoms with Crippen LogP contribution in [-0.4, -0.2) is 13.7 Å². The Morgan fingerprint density at radius 1 is 1.44 bits per heavy atom. The maximum atomic E-state index is 13.5. The molecule has 0 saturated heterocycles. The Morgan fingerprint density at radius 2 is 2.19 bits per heavy atom. The lowest BCUT2D eigenvalue weighted by Crippen LogP contribution is -2.14. The SMILES string of the molecule is COc1ccc(CNCC=C(C)C)c(F)c1. The minimum Gasteiger partial charge on any atom is -0.497 e. The highest BCUT2D eigenvalue weighted by atomic mass is 19.1. The average molecular weight is 223 g/mol. The zero-order valence-corrected chi connectivity index (χ0v) is 10.0. The highest BCUT2D eigenvalue weighted by Crippen LogP contribution is 2.15. The average Bonchev–Trinajstić information content (AvgIpc) is 2.25. The lowest BCUT2D eigenvalue weighted by atomic mass is 10.2. The van der Waals surface area contributed by atoms with Gasteiger partial charge in [-0.15, -0.1) is 0 Å². The van der Waals surface area contributed by atoms with E-state index in [1.807, 2.05) is 13.8 Å². The van der Waals surface area contributed by atoms with E-state index in [1.54, 1.807) is 12.1 Å². The Balaban J connectivity index is 2.51. The van der Waals surface area contributed by atoms with Gasteiger partial charge in [0.2, 0.25) is 0 Å². The number of rotatable bonds is 5. The predicted octanol–water partition coefficient (Wildman–Crippen LogP) is 2.89. The molecule has 0 bridgehead atoms. The summed E-state index contributed by atoms with van der Waals surface area (Å²) in [6.07, 6.45) is 2.07. The summed E-state index contributed by atoms with van der Waals surface area (Å²) in [5, 5.41) is 3.15. The summed E-state index contributed by atoms with van der Waals surface area (Å²) in [6.45, 7) is 5.36. The van der Waals surface area contributed by atoms with E-state index in [0.29, 0.717) is 17.9 Å². The van der Waals surface area contributed by atoms with Gasteiger partial charge < -0.3 is 10.1 Å². The summed E-state index contributed by atoms with van der Waals surface area (Å²) in [4.78, 5) is 0. The van der Waals surface area contributed by atoms with E-state index in [0.717, 1.165) is 6.54 Å². The molecule has 1 aromatic rings. The largest absolute Gasteiger partial charge is 0.497 e. The smallest absolute Gasteiger partial charge is 0.131 e. The normalized spacial score (nSPS) is 10.0. The van der Waals surface area contributed by atoms with Crippen molar-refractivity contribution >= 4 is 0 Å². The minimum absolute atomic E-state index is 0.232. The third-order valence-corrected chi connectivity index (χ3v) is 2.23. The van der Waals surface area contributed by atoms with Crippen molar-refractivity contribution in [1.29, 1.82) is 0 Å². The van der Waals surface area contributed by atoms with E-state index in [-0.39, 0.29) is 5.82 Å². The zero-order valence-electron chi connectivity index (χ0n) is 10.0. The molecular weight excluding hydrogens is 205 g/mol. The number of hydrogen-bond donors (Lipinski definition) is 1. The van der Waals surface area contributed by atoms with Gasteiger partial charge in [0.15, 0.2) is 0 Å². The Kier molecular flexibility index (Phi) is 4.99. The Hall–Kier alpha value is -1.35. The molecule has 88 valence electrons.